The van der Waals surface area contributed by atoms with Gasteiger partial charge in [0.1, 0.15) is 0 Å². The number of fused-ring (bicyclic) bond motifs is 3. The summed E-state index contributed by atoms with van der Waals surface area (Å²) in [6.45, 7) is 7.82. The zero-order chi connectivity index (χ0) is 20.8. The van der Waals surface area contributed by atoms with Gasteiger partial charge in [-0.2, -0.15) is 0 Å². The molecule has 6 nitrogen and oxygen atoms in total. The van der Waals surface area contributed by atoms with Crippen molar-refractivity contribution in [3.8, 4) is 0 Å². The van der Waals surface area contributed by atoms with Crippen LogP contribution >= 0.6 is 0 Å². The highest BCUT2D eigenvalue weighted by Gasteiger charge is 2.60. The van der Waals surface area contributed by atoms with Crippen LogP contribution in [0.1, 0.15) is 34.3 Å². The van der Waals surface area contributed by atoms with Crippen LogP contribution in [0.2, 0.25) is 0 Å². The zero-order valence-corrected chi connectivity index (χ0v) is 16.6. The normalized spacial score (nSPS) is 20.3. The molecule has 1 N–H and O–H groups in total. The second-order valence-corrected chi connectivity index (χ2v) is 7.60. The number of aryl methyl sites for hydroxylation is 2. The fourth-order valence-corrected chi connectivity index (χ4v) is 4.44. The fraction of sp³-hybridized carbons (Fsp3) is 0.261. The van der Waals surface area contributed by atoms with E-state index >= 15 is 0 Å². The number of amides is 3. The maximum atomic E-state index is 13.6. The van der Waals surface area contributed by atoms with E-state index in [1.165, 1.54) is 9.80 Å². The SMILES string of the molecule is C=CCN1C(=O)c2ccccc2N2C(=O)CCC12C(=O)Nc1cc(C)cc(C)c1. The van der Waals surface area contributed by atoms with Gasteiger partial charge < -0.3 is 10.2 Å². The first kappa shape index (κ1) is 18.9. The molecule has 6 heteroatoms. The molecule has 2 aromatic carbocycles. The summed E-state index contributed by atoms with van der Waals surface area (Å²) < 4.78 is 0. The van der Waals surface area contributed by atoms with Gasteiger partial charge in [-0.3, -0.25) is 19.3 Å². The highest BCUT2D eigenvalue weighted by Crippen LogP contribution is 2.45. The first-order chi connectivity index (χ1) is 13.9. The number of carbonyl (C=O) groups is 3. The fourth-order valence-electron chi connectivity index (χ4n) is 4.44. The minimum absolute atomic E-state index is 0.164. The Morgan fingerprint density at radius 3 is 2.55 bits per heavy atom. The molecule has 2 aromatic rings. The van der Waals surface area contributed by atoms with Crippen LogP contribution in [0.3, 0.4) is 0 Å². The average Bonchev–Trinajstić information content (AvgIpc) is 3.03. The Labute approximate surface area is 169 Å². The number of carbonyl (C=O) groups excluding carboxylic acids is 3. The molecule has 0 radical (unpaired) electrons. The van der Waals surface area contributed by atoms with Gasteiger partial charge in [-0.15, -0.1) is 6.58 Å². The molecule has 1 unspecified atom stereocenters. The van der Waals surface area contributed by atoms with Gasteiger partial charge in [0, 0.05) is 25.1 Å². The van der Waals surface area contributed by atoms with Crippen molar-refractivity contribution in [1.29, 1.82) is 0 Å². The molecule has 148 valence electrons. The molecule has 2 aliphatic heterocycles. The molecule has 1 atom stereocenters. The van der Waals surface area contributed by atoms with E-state index in [2.05, 4.69) is 11.9 Å². The number of benzene rings is 2. The Kier molecular flexibility index (Phi) is 4.49. The van der Waals surface area contributed by atoms with Crippen molar-refractivity contribution < 1.29 is 14.4 Å². The van der Waals surface area contributed by atoms with Gasteiger partial charge in [-0.1, -0.05) is 24.3 Å². The minimum atomic E-state index is -1.41. The van der Waals surface area contributed by atoms with Gasteiger partial charge >= 0.3 is 0 Å². The predicted molar refractivity (Wildman–Crippen MR) is 112 cm³/mol. The Bertz CT molecular complexity index is 1030. The summed E-state index contributed by atoms with van der Waals surface area (Å²) in [7, 11) is 0. The predicted octanol–water partition coefficient (Wildman–Crippen LogP) is 3.41. The van der Waals surface area contributed by atoms with E-state index in [9.17, 15) is 14.4 Å². The van der Waals surface area contributed by atoms with Crippen LogP contribution in [-0.2, 0) is 9.59 Å². The van der Waals surface area contributed by atoms with E-state index in [-0.39, 0.29) is 31.2 Å². The first-order valence-corrected chi connectivity index (χ1v) is 9.63. The van der Waals surface area contributed by atoms with E-state index in [4.69, 9.17) is 0 Å². The van der Waals surface area contributed by atoms with E-state index in [1.54, 1.807) is 30.3 Å². The number of rotatable bonds is 4. The number of anilines is 2. The van der Waals surface area contributed by atoms with Gasteiger partial charge in [0.05, 0.1) is 11.3 Å². The summed E-state index contributed by atoms with van der Waals surface area (Å²) in [4.78, 5) is 42.8. The maximum absolute atomic E-state index is 13.6. The van der Waals surface area contributed by atoms with Crippen LogP contribution in [0.15, 0.2) is 55.1 Å². The van der Waals surface area contributed by atoms with Crippen LogP contribution in [0.4, 0.5) is 11.4 Å². The monoisotopic (exact) mass is 389 g/mol. The second kappa shape index (κ2) is 6.88. The number of nitrogens with one attached hydrogen (secondary N) is 1. The standard InChI is InChI=1S/C23H23N3O3/c1-4-11-25-21(28)18-7-5-6-8-19(18)26-20(27)9-10-23(25,26)22(29)24-17-13-15(2)12-16(3)14-17/h4-8,12-14H,1,9-11H2,2-3H3,(H,24,29). The summed E-state index contributed by atoms with van der Waals surface area (Å²) in [5.41, 5.74) is 2.17. The molecule has 4 rings (SSSR count). The summed E-state index contributed by atoms with van der Waals surface area (Å²) in [5.74, 6) is -0.838. The lowest BCUT2D eigenvalue weighted by Crippen LogP contribution is -2.69. The lowest BCUT2D eigenvalue weighted by Gasteiger charge is -2.48. The summed E-state index contributed by atoms with van der Waals surface area (Å²) in [5, 5.41) is 2.95. The summed E-state index contributed by atoms with van der Waals surface area (Å²) >= 11 is 0. The van der Waals surface area contributed by atoms with Crippen molar-refractivity contribution in [3.05, 3.63) is 71.8 Å². The molecular weight excluding hydrogens is 366 g/mol. The maximum Gasteiger partial charge on any atom is 0.271 e. The van der Waals surface area contributed by atoms with Crippen LogP contribution in [-0.4, -0.2) is 34.8 Å². The minimum Gasteiger partial charge on any atom is -0.322 e. The van der Waals surface area contributed by atoms with E-state index in [1.807, 2.05) is 32.0 Å². The molecule has 0 aliphatic carbocycles. The lowest BCUT2D eigenvalue weighted by molar-refractivity contribution is -0.128. The average molecular weight is 389 g/mol. The van der Waals surface area contributed by atoms with E-state index < -0.39 is 11.6 Å². The van der Waals surface area contributed by atoms with Gasteiger partial charge in [0.2, 0.25) is 11.6 Å². The highest BCUT2D eigenvalue weighted by molar-refractivity contribution is 6.18. The zero-order valence-electron chi connectivity index (χ0n) is 16.6. The molecule has 0 saturated carbocycles. The number of nitrogens with zero attached hydrogens (tertiary/aromatic N) is 2. The third kappa shape index (κ3) is 2.83. The van der Waals surface area contributed by atoms with Crippen LogP contribution < -0.4 is 10.2 Å². The molecule has 0 aromatic heterocycles. The van der Waals surface area contributed by atoms with Crippen LogP contribution in [0.5, 0.6) is 0 Å². The van der Waals surface area contributed by atoms with E-state index in [0.717, 1.165) is 11.1 Å². The Morgan fingerprint density at radius 1 is 1.17 bits per heavy atom. The molecule has 3 amide bonds. The largest absolute Gasteiger partial charge is 0.322 e. The van der Waals surface area contributed by atoms with Crippen molar-refractivity contribution in [3.63, 3.8) is 0 Å². The van der Waals surface area contributed by atoms with Gasteiger partial charge in [0.25, 0.3) is 11.8 Å². The lowest BCUT2D eigenvalue weighted by atomic mass is 9.95. The molecule has 29 heavy (non-hydrogen) atoms. The molecule has 0 spiro atoms. The second-order valence-electron chi connectivity index (χ2n) is 7.60. The molecule has 1 fully saturated rings. The van der Waals surface area contributed by atoms with Crippen LogP contribution in [0.25, 0.3) is 0 Å². The number of hydrogen-bond acceptors (Lipinski definition) is 3. The molecule has 2 aliphatic rings. The molecular formula is C23H23N3O3. The highest BCUT2D eigenvalue weighted by atomic mass is 16.2. The smallest absolute Gasteiger partial charge is 0.271 e. The third-order valence-corrected chi connectivity index (χ3v) is 5.53. The molecule has 0 bridgehead atoms. The van der Waals surface area contributed by atoms with E-state index in [0.29, 0.717) is 16.9 Å². The van der Waals surface area contributed by atoms with Crippen LogP contribution in [0, 0.1) is 13.8 Å². The van der Waals surface area contributed by atoms with Gasteiger partial charge in [-0.05, 0) is 49.2 Å². The number of para-hydroxylation sites is 1. The first-order valence-electron chi connectivity index (χ1n) is 9.63. The van der Waals surface area contributed by atoms with Crippen molar-refractivity contribution in [2.45, 2.75) is 32.4 Å². The third-order valence-electron chi connectivity index (χ3n) is 5.53. The molecule has 1 saturated heterocycles. The topological polar surface area (TPSA) is 69.7 Å². The van der Waals surface area contributed by atoms with Crippen molar-refractivity contribution >= 4 is 29.1 Å². The molecule has 2 heterocycles. The van der Waals surface area contributed by atoms with Gasteiger partial charge in [-0.25, -0.2) is 0 Å². The van der Waals surface area contributed by atoms with Gasteiger partial charge in [0.15, 0.2) is 0 Å². The Hall–Kier alpha value is -3.41. The van der Waals surface area contributed by atoms with Crippen molar-refractivity contribution in [2.75, 3.05) is 16.8 Å². The summed E-state index contributed by atoms with van der Waals surface area (Å²) in [6, 6.07) is 12.7. The number of hydrogen-bond donors (Lipinski definition) is 1. The van der Waals surface area contributed by atoms with Crippen molar-refractivity contribution in [1.82, 2.24) is 4.90 Å². The Balaban J connectivity index is 1.85. The Morgan fingerprint density at radius 2 is 1.86 bits per heavy atom. The quantitative estimate of drug-likeness (QED) is 0.815. The summed E-state index contributed by atoms with van der Waals surface area (Å²) in [6.07, 6.45) is 2.00. The van der Waals surface area contributed by atoms with Crippen molar-refractivity contribution in [2.24, 2.45) is 0 Å².